The van der Waals surface area contributed by atoms with Crippen molar-refractivity contribution in [1.29, 1.82) is 0 Å². The van der Waals surface area contributed by atoms with E-state index in [9.17, 15) is 4.79 Å². The van der Waals surface area contributed by atoms with Crippen molar-refractivity contribution in [2.75, 3.05) is 12.4 Å². The summed E-state index contributed by atoms with van der Waals surface area (Å²) in [6.07, 6.45) is 0. The van der Waals surface area contributed by atoms with Gasteiger partial charge in [0.05, 0.1) is 7.11 Å². The van der Waals surface area contributed by atoms with Crippen LogP contribution in [0.1, 0.15) is 10.9 Å². The molecule has 2 heterocycles. The van der Waals surface area contributed by atoms with E-state index in [1.165, 1.54) is 24.5 Å². The zero-order valence-corrected chi connectivity index (χ0v) is 11.5. The number of carbonyl (C=O) groups excluding carboxylic acids is 1. The minimum atomic E-state index is -0.770. The van der Waals surface area contributed by atoms with Gasteiger partial charge in [0, 0.05) is 10.9 Å². The van der Waals surface area contributed by atoms with Crippen LogP contribution in [-0.4, -0.2) is 23.0 Å². The van der Waals surface area contributed by atoms with Gasteiger partial charge in [0.15, 0.2) is 0 Å². The fourth-order valence-corrected chi connectivity index (χ4v) is 2.24. The standard InChI is InChI=1S/C11H11ClN4O2S/c1-18-8-5-7(12)14-11(15-8)16-10(17)9(13)6-3-2-4-19-6/h2-5,9H,13H2,1H3,(H,14,15,16,17). The molecule has 0 spiro atoms. The van der Waals surface area contributed by atoms with Crippen LogP contribution in [0.3, 0.4) is 0 Å². The smallest absolute Gasteiger partial charge is 0.249 e. The zero-order chi connectivity index (χ0) is 13.8. The largest absolute Gasteiger partial charge is 0.481 e. The maximum Gasteiger partial charge on any atom is 0.249 e. The Balaban J connectivity index is 2.12. The van der Waals surface area contributed by atoms with Crippen LogP contribution in [0.4, 0.5) is 5.95 Å². The van der Waals surface area contributed by atoms with Crippen LogP contribution in [0.25, 0.3) is 0 Å². The van der Waals surface area contributed by atoms with Crippen molar-refractivity contribution in [2.45, 2.75) is 6.04 Å². The van der Waals surface area contributed by atoms with E-state index >= 15 is 0 Å². The van der Waals surface area contributed by atoms with E-state index in [1.54, 1.807) is 6.07 Å². The number of nitrogens with zero attached hydrogens (tertiary/aromatic N) is 2. The Hall–Kier alpha value is -1.70. The number of nitrogens with one attached hydrogen (secondary N) is 1. The molecule has 6 nitrogen and oxygen atoms in total. The van der Waals surface area contributed by atoms with Crippen molar-refractivity contribution < 1.29 is 9.53 Å². The van der Waals surface area contributed by atoms with Gasteiger partial charge in [0.1, 0.15) is 11.2 Å². The SMILES string of the molecule is COc1cc(Cl)nc(NC(=O)C(N)c2cccs2)n1. The average molecular weight is 299 g/mol. The van der Waals surface area contributed by atoms with Crippen LogP contribution in [0.15, 0.2) is 23.6 Å². The molecule has 1 unspecified atom stereocenters. The number of halogens is 1. The summed E-state index contributed by atoms with van der Waals surface area (Å²) in [5.41, 5.74) is 5.82. The van der Waals surface area contributed by atoms with E-state index < -0.39 is 11.9 Å². The fraction of sp³-hybridized carbons (Fsp3) is 0.182. The number of hydrogen-bond donors (Lipinski definition) is 2. The van der Waals surface area contributed by atoms with Gasteiger partial charge in [-0.05, 0) is 11.4 Å². The summed E-state index contributed by atoms with van der Waals surface area (Å²) in [4.78, 5) is 20.5. The van der Waals surface area contributed by atoms with E-state index in [2.05, 4.69) is 15.3 Å². The van der Waals surface area contributed by atoms with Crippen molar-refractivity contribution in [2.24, 2.45) is 5.73 Å². The molecule has 0 aromatic carbocycles. The highest BCUT2D eigenvalue weighted by Crippen LogP contribution is 2.19. The van der Waals surface area contributed by atoms with Gasteiger partial charge in [0.25, 0.3) is 0 Å². The molecule has 1 amide bonds. The van der Waals surface area contributed by atoms with Crippen LogP contribution in [0.5, 0.6) is 5.88 Å². The lowest BCUT2D eigenvalue weighted by molar-refractivity contribution is -0.117. The molecule has 1 atom stereocenters. The van der Waals surface area contributed by atoms with Crippen LogP contribution in [-0.2, 0) is 4.79 Å². The summed E-state index contributed by atoms with van der Waals surface area (Å²) >= 11 is 7.18. The number of anilines is 1. The molecule has 0 bridgehead atoms. The van der Waals surface area contributed by atoms with Gasteiger partial charge in [-0.15, -0.1) is 11.3 Å². The number of hydrogen-bond acceptors (Lipinski definition) is 6. The van der Waals surface area contributed by atoms with Crippen molar-refractivity contribution in [3.05, 3.63) is 33.6 Å². The molecule has 0 saturated carbocycles. The van der Waals surface area contributed by atoms with Gasteiger partial charge in [-0.25, -0.2) is 4.98 Å². The van der Waals surface area contributed by atoms with Gasteiger partial charge in [0.2, 0.25) is 17.7 Å². The predicted octanol–water partition coefficient (Wildman–Crippen LogP) is 1.84. The normalized spacial score (nSPS) is 11.9. The zero-order valence-electron chi connectivity index (χ0n) is 9.96. The van der Waals surface area contributed by atoms with Crippen molar-refractivity contribution >= 4 is 34.8 Å². The number of thiophene rings is 1. The first-order valence-electron chi connectivity index (χ1n) is 5.28. The number of rotatable bonds is 4. The van der Waals surface area contributed by atoms with E-state index in [0.717, 1.165) is 4.88 Å². The Morgan fingerprint density at radius 2 is 2.37 bits per heavy atom. The molecule has 100 valence electrons. The maximum absolute atomic E-state index is 11.9. The monoisotopic (exact) mass is 298 g/mol. The summed E-state index contributed by atoms with van der Waals surface area (Å²) in [5.74, 6) is -0.0897. The Bertz CT molecular complexity index is 576. The lowest BCUT2D eigenvalue weighted by Gasteiger charge is -2.10. The topological polar surface area (TPSA) is 90.1 Å². The Morgan fingerprint density at radius 1 is 1.58 bits per heavy atom. The molecule has 19 heavy (non-hydrogen) atoms. The maximum atomic E-state index is 11.9. The molecular weight excluding hydrogens is 288 g/mol. The lowest BCUT2D eigenvalue weighted by atomic mass is 10.2. The summed E-state index contributed by atoms with van der Waals surface area (Å²) in [6.45, 7) is 0. The third-order valence-corrected chi connectivity index (χ3v) is 3.40. The van der Waals surface area contributed by atoms with Gasteiger partial charge in [-0.3, -0.25) is 10.1 Å². The van der Waals surface area contributed by atoms with Crippen molar-refractivity contribution in [3.63, 3.8) is 0 Å². The molecule has 3 N–H and O–H groups in total. The number of amides is 1. The number of carbonyl (C=O) groups is 1. The second-order valence-electron chi connectivity index (χ2n) is 3.54. The first-order chi connectivity index (χ1) is 9.10. The third kappa shape index (κ3) is 3.40. The van der Waals surface area contributed by atoms with E-state index in [4.69, 9.17) is 22.1 Å². The Labute approximate surface area is 118 Å². The first-order valence-corrected chi connectivity index (χ1v) is 6.54. The second-order valence-corrected chi connectivity index (χ2v) is 4.91. The summed E-state index contributed by atoms with van der Waals surface area (Å²) < 4.78 is 4.93. The highest BCUT2D eigenvalue weighted by Gasteiger charge is 2.18. The molecule has 0 fully saturated rings. The van der Waals surface area contributed by atoms with E-state index in [1.807, 2.05) is 11.4 Å². The summed E-state index contributed by atoms with van der Waals surface area (Å²) in [7, 11) is 1.45. The molecule has 0 radical (unpaired) electrons. The van der Waals surface area contributed by atoms with Crippen LogP contribution in [0.2, 0.25) is 5.15 Å². The second kappa shape index (κ2) is 5.96. The number of nitrogens with two attached hydrogens (primary N) is 1. The van der Waals surface area contributed by atoms with E-state index in [-0.39, 0.29) is 17.0 Å². The predicted molar refractivity (Wildman–Crippen MR) is 73.5 cm³/mol. The Morgan fingerprint density at radius 3 is 3.00 bits per heavy atom. The van der Waals surface area contributed by atoms with Gasteiger partial charge in [-0.2, -0.15) is 4.98 Å². The third-order valence-electron chi connectivity index (χ3n) is 2.25. The summed E-state index contributed by atoms with van der Waals surface area (Å²) in [5, 5.41) is 4.52. The Kier molecular flexibility index (Phi) is 4.31. The molecule has 2 aromatic rings. The molecule has 2 aromatic heterocycles. The molecule has 0 aliphatic heterocycles. The minimum Gasteiger partial charge on any atom is -0.481 e. The van der Waals surface area contributed by atoms with E-state index in [0.29, 0.717) is 0 Å². The van der Waals surface area contributed by atoms with Gasteiger partial charge in [-0.1, -0.05) is 17.7 Å². The summed E-state index contributed by atoms with van der Waals surface area (Å²) in [6, 6.07) is 4.28. The average Bonchev–Trinajstić information content (AvgIpc) is 2.90. The molecule has 0 aliphatic rings. The quantitative estimate of drug-likeness (QED) is 0.841. The van der Waals surface area contributed by atoms with Crippen molar-refractivity contribution in [3.8, 4) is 5.88 Å². The van der Waals surface area contributed by atoms with Gasteiger partial charge < -0.3 is 10.5 Å². The number of methoxy groups -OCH3 is 1. The van der Waals surface area contributed by atoms with Gasteiger partial charge >= 0.3 is 0 Å². The number of ether oxygens (including phenoxy) is 1. The first kappa shape index (κ1) is 13.7. The molecule has 2 rings (SSSR count). The lowest BCUT2D eigenvalue weighted by Crippen LogP contribution is -2.27. The van der Waals surface area contributed by atoms with Crippen LogP contribution >= 0.6 is 22.9 Å². The van der Waals surface area contributed by atoms with Crippen LogP contribution in [0, 0.1) is 0 Å². The molecule has 8 heteroatoms. The molecule has 0 aliphatic carbocycles. The molecular formula is C11H11ClN4O2S. The highest BCUT2D eigenvalue weighted by atomic mass is 35.5. The van der Waals surface area contributed by atoms with Crippen LogP contribution < -0.4 is 15.8 Å². The number of aromatic nitrogens is 2. The fourth-order valence-electron chi connectivity index (χ4n) is 1.34. The van der Waals surface area contributed by atoms with Crippen molar-refractivity contribution in [1.82, 2.24) is 9.97 Å². The highest BCUT2D eigenvalue weighted by molar-refractivity contribution is 7.10. The molecule has 0 saturated heterocycles. The minimum absolute atomic E-state index is 0.0568.